The maximum Gasteiger partial charge on any atom is 0.248 e. The number of amides is 1. The maximum atomic E-state index is 11.2. The number of rotatable bonds is 8. The molecule has 0 atom stereocenters. The molecular weight excluding hydrogens is 350 g/mol. The molecule has 0 radical (unpaired) electrons. The first kappa shape index (κ1) is 19.3. The van der Waals surface area contributed by atoms with Gasteiger partial charge in [0, 0.05) is 28.8 Å². The van der Waals surface area contributed by atoms with Crippen molar-refractivity contribution in [2.24, 2.45) is 16.5 Å². The summed E-state index contributed by atoms with van der Waals surface area (Å²) >= 11 is 5.86. The van der Waals surface area contributed by atoms with Crippen LogP contribution < -0.4 is 11.5 Å². The van der Waals surface area contributed by atoms with Crippen LogP contribution in [0.2, 0.25) is 5.02 Å². The topological polar surface area (TPSA) is 90.7 Å². The van der Waals surface area contributed by atoms with Gasteiger partial charge in [-0.15, -0.1) is 0 Å². The third kappa shape index (κ3) is 5.79. The molecule has 0 spiro atoms. The Morgan fingerprint density at radius 3 is 2.46 bits per heavy atom. The predicted molar refractivity (Wildman–Crippen MR) is 106 cm³/mol. The van der Waals surface area contributed by atoms with Crippen molar-refractivity contribution in [2.75, 3.05) is 6.61 Å². The first-order chi connectivity index (χ1) is 12.5. The summed E-state index contributed by atoms with van der Waals surface area (Å²) in [5, 5.41) is 0.698. The Kier molecular flexibility index (Phi) is 7.00. The summed E-state index contributed by atoms with van der Waals surface area (Å²) < 4.78 is 5.60. The Labute approximate surface area is 157 Å². The van der Waals surface area contributed by atoms with Crippen molar-refractivity contribution < 1.29 is 9.53 Å². The van der Waals surface area contributed by atoms with E-state index in [1.54, 1.807) is 36.4 Å². The number of aliphatic imine (C=N–C) groups is 1. The lowest BCUT2D eigenvalue weighted by atomic mass is 10.1. The van der Waals surface area contributed by atoms with Gasteiger partial charge in [-0.3, -0.25) is 4.79 Å². The Morgan fingerprint density at radius 2 is 1.81 bits per heavy atom. The van der Waals surface area contributed by atoms with Gasteiger partial charge in [0.2, 0.25) is 11.8 Å². The molecule has 6 heteroatoms. The summed E-state index contributed by atoms with van der Waals surface area (Å²) in [6.45, 7) is 3.94. The third-order valence-electron chi connectivity index (χ3n) is 3.60. The van der Waals surface area contributed by atoms with Crippen LogP contribution in [0, 0.1) is 0 Å². The Balaban J connectivity index is 1.99. The molecule has 0 bridgehead atoms. The van der Waals surface area contributed by atoms with Crippen molar-refractivity contribution in [1.82, 2.24) is 0 Å². The normalized spacial score (nSPS) is 11.9. The molecular formula is C20H20ClN3O2. The van der Waals surface area contributed by atoms with Crippen LogP contribution in [0.5, 0.6) is 0 Å². The smallest absolute Gasteiger partial charge is 0.248 e. The molecule has 0 aliphatic rings. The minimum Gasteiger partial charge on any atom is -0.477 e. The third-order valence-corrected chi connectivity index (χ3v) is 3.85. The second-order valence-corrected chi connectivity index (χ2v) is 5.89. The number of benzene rings is 2. The van der Waals surface area contributed by atoms with E-state index in [-0.39, 0.29) is 0 Å². The predicted octanol–water partition coefficient (Wildman–Crippen LogP) is 3.54. The Morgan fingerprint density at radius 1 is 1.12 bits per heavy atom. The van der Waals surface area contributed by atoms with Crippen LogP contribution in [-0.2, 0) is 11.2 Å². The van der Waals surface area contributed by atoms with E-state index in [1.807, 2.05) is 24.3 Å². The van der Waals surface area contributed by atoms with Gasteiger partial charge in [-0.05, 0) is 48.2 Å². The highest BCUT2D eigenvalue weighted by Gasteiger charge is 2.03. The minimum absolute atomic E-state index is 0.355. The highest BCUT2D eigenvalue weighted by Crippen LogP contribution is 2.13. The van der Waals surface area contributed by atoms with Crippen molar-refractivity contribution in [3.63, 3.8) is 0 Å². The van der Waals surface area contributed by atoms with Gasteiger partial charge in [0.25, 0.3) is 0 Å². The summed E-state index contributed by atoms with van der Waals surface area (Å²) in [5.74, 6) is -0.151. The van der Waals surface area contributed by atoms with E-state index in [1.165, 1.54) is 0 Å². The molecule has 2 aromatic carbocycles. The molecule has 0 aliphatic heterocycles. The highest BCUT2D eigenvalue weighted by atomic mass is 35.5. The zero-order valence-electron chi connectivity index (χ0n) is 14.2. The summed E-state index contributed by atoms with van der Waals surface area (Å²) in [7, 11) is 0. The maximum absolute atomic E-state index is 11.2. The molecule has 4 N–H and O–H groups in total. The van der Waals surface area contributed by atoms with E-state index in [0.29, 0.717) is 40.8 Å². The van der Waals surface area contributed by atoms with Crippen LogP contribution >= 0.6 is 11.6 Å². The van der Waals surface area contributed by atoms with E-state index in [0.717, 1.165) is 5.56 Å². The lowest BCUT2D eigenvalue weighted by Crippen LogP contribution is -2.11. The number of carbonyl (C=O) groups is 1. The standard InChI is InChI=1S/C20H20ClN3O2/c1-24-19(26-12-11-14-5-7-17(21)8-6-14)10-9-18(22)15-3-2-4-16(13-15)20(23)25/h2-10,13H,1,11-12,22H2,(H2,23,25)/b18-9-,19-10+. The molecule has 26 heavy (non-hydrogen) atoms. The second-order valence-electron chi connectivity index (χ2n) is 5.46. The summed E-state index contributed by atoms with van der Waals surface area (Å²) in [4.78, 5) is 15.1. The molecule has 1 amide bonds. The van der Waals surface area contributed by atoms with Crippen molar-refractivity contribution >= 4 is 29.9 Å². The number of carbonyl (C=O) groups excluding carboxylic acids is 1. The van der Waals surface area contributed by atoms with Gasteiger partial charge >= 0.3 is 0 Å². The first-order valence-corrected chi connectivity index (χ1v) is 8.29. The number of nitrogens with two attached hydrogens (primary N) is 2. The lowest BCUT2D eigenvalue weighted by molar-refractivity contribution is 0.1000. The zero-order chi connectivity index (χ0) is 18.9. The van der Waals surface area contributed by atoms with E-state index in [9.17, 15) is 4.79 Å². The quantitative estimate of drug-likeness (QED) is 0.423. The van der Waals surface area contributed by atoms with Crippen LogP contribution in [0.4, 0.5) is 0 Å². The molecule has 0 unspecified atom stereocenters. The SMILES string of the molecule is C=N/C(=C\C=C(/N)c1cccc(C(N)=O)c1)OCCc1ccc(Cl)cc1. The summed E-state index contributed by atoms with van der Waals surface area (Å²) in [6, 6.07) is 14.3. The number of primary amides is 1. The van der Waals surface area contributed by atoms with Gasteiger partial charge in [-0.2, -0.15) is 0 Å². The fourth-order valence-electron chi connectivity index (χ4n) is 2.18. The molecule has 134 valence electrons. The fourth-order valence-corrected chi connectivity index (χ4v) is 2.31. The Hall–Kier alpha value is -3.05. The molecule has 5 nitrogen and oxygen atoms in total. The van der Waals surface area contributed by atoms with Gasteiger partial charge in [0.1, 0.15) is 0 Å². The molecule has 0 aromatic heterocycles. The number of hydrogen-bond acceptors (Lipinski definition) is 4. The van der Waals surface area contributed by atoms with Gasteiger partial charge in [-0.25, -0.2) is 4.99 Å². The van der Waals surface area contributed by atoms with Crippen LogP contribution in [-0.4, -0.2) is 19.2 Å². The van der Waals surface area contributed by atoms with Crippen LogP contribution in [0.25, 0.3) is 5.70 Å². The first-order valence-electron chi connectivity index (χ1n) is 7.91. The summed E-state index contributed by atoms with van der Waals surface area (Å²) in [5.41, 5.74) is 13.9. The summed E-state index contributed by atoms with van der Waals surface area (Å²) in [6.07, 6.45) is 3.98. The van der Waals surface area contributed by atoms with Crippen molar-refractivity contribution in [2.45, 2.75) is 6.42 Å². The Bertz CT molecular complexity index is 842. The highest BCUT2D eigenvalue weighted by molar-refractivity contribution is 6.30. The van der Waals surface area contributed by atoms with E-state index >= 15 is 0 Å². The van der Waals surface area contributed by atoms with E-state index in [4.69, 9.17) is 27.8 Å². The zero-order valence-corrected chi connectivity index (χ0v) is 14.9. The van der Waals surface area contributed by atoms with Gasteiger partial charge < -0.3 is 16.2 Å². The number of ether oxygens (including phenoxy) is 1. The van der Waals surface area contributed by atoms with Crippen molar-refractivity contribution in [3.8, 4) is 0 Å². The number of allylic oxidation sites excluding steroid dienone is 2. The largest absolute Gasteiger partial charge is 0.477 e. The van der Waals surface area contributed by atoms with Gasteiger partial charge in [0.15, 0.2) is 0 Å². The number of halogens is 1. The molecule has 2 aromatic rings. The molecule has 0 aliphatic carbocycles. The van der Waals surface area contributed by atoms with Crippen LogP contribution in [0.1, 0.15) is 21.5 Å². The monoisotopic (exact) mass is 369 g/mol. The molecule has 0 heterocycles. The van der Waals surface area contributed by atoms with E-state index in [2.05, 4.69) is 11.7 Å². The second kappa shape index (κ2) is 9.44. The van der Waals surface area contributed by atoms with Crippen LogP contribution in [0.3, 0.4) is 0 Å². The molecule has 2 rings (SSSR count). The van der Waals surface area contributed by atoms with E-state index < -0.39 is 5.91 Å². The fraction of sp³-hybridized carbons (Fsp3) is 0.100. The van der Waals surface area contributed by atoms with Crippen molar-refractivity contribution in [3.05, 3.63) is 88.3 Å². The lowest BCUT2D eigenvalue weighted by Gasteiger charge is -2.06. The van der Waals surface area contributed by atoms with Gasteiger partial charge in [0.05, 0.1) is 6.61 Å². The molecule has 0 fully saturated rings. The molecule has 0 saturated carbocycles. The minimum atomic E-state index is -0.505. The number of hydrogen-bond donors (Lipinski definition) is 2. The number of nitrogens with zero attached hydrogens (tertiary/aromatic N) is 1. The van der Waals surface area contributed by atoms with Gasteiger partial charge in [-0.1, -0.05) is 35.9 Å². The van der Waals surface area contributed by atoms with Crippen LogP contribution in [0.15, 0.2) is 71.6 Å². The molecule has 0 saturated heterocycles. The average Bonchev–Trinajstić information content (AvgIpc) is 2.65. The average molecular weight is 370 g/mol. The van der Waals surface area contributed by atoms with Crippen molar-refractivity contribution in [1.29, 1.82) is 0 Å².